The second-order valence-electron chi connectivity index (χ2n) is 5.03. The van der Waals surface area contributed by atoms with E-state index >= 15 is 0 Å². The molecule has 1 amide bonds. The lowest BCUT2D eigenvalue weighted by Gasteiger charge is -2.20. The Balaban J connectivity index is 2.25. The molecule has 3 atom stereocenters. The number of amides is 1. The van der Waals surface area contributed by atoms with Crippen molar-refractivity contribution in [2.75, 3.05) is 0 Å². The van der Waals surface area contributed by atoms with Gasteiger partial charge in [-0.2, -0.15) is 0 Å². The summed E-state index contributed by atoms with van der Waals surface area (Å²) in [5.74, 6) is 0.431. The second-order valence-corrected chi connectivity index (χ2v) is 5.03. The molecular weight excluding hydrogens is 218 g/mol. The van der Waals surface area contributed by atoms with Crippen LogP contribution in [0.3, 0.4) is 0 Å². The lowest BCUT2D eigenvalue weighted by atomic mass is 9.93. The molecule has 4 nitrogen and oxygen atoms in total. The van der Waals surface area contributed by atoms with Gasteiger partial charge in [0.1, 0.15) is 0 Å². The number of carbonyl (C=O) groups excluding carboxylic acids is 1. The molecule has 1 saturated carbocycles. The van der Waals surface area contributed by atoms with Crippen molar-refractivity contribution in [1.29, 1.82) is 0 Å². The van der Waals surface area contributed by atoms with Gasteiger partial charge in [-0.15, -0.1) is 0 Å². The minimum absolute atomic E-state index is 0.000136. The molecule has 0 aromatic carbocycles. The first-order valence-electron chi connectivity index (χ1n) is 6.55. The highest BCUT2D eigenvalue weighted by atomic mass is 16.4. The summed E-state index contributed by atoms with van der Waals surface area (Å²) in [6.07, 6.45) is 4.26. The smallest absolute Gasteiger partial charge is 0.303 e. The van der Waals surface area contributed by atoms with E-state index in [0.29, 0.717) is 18.8 Å². The number of aliphatic carboxylic acids is 1. The van der Waals surface area contributed by atoms with E-state index in [2.05, 4.69) is 19.2 Å². The SMILES string of the molecule is CCC1CCC(NC(=O)CCCC(=O)O)C1C. The van der Waals surface area contributed by atoms with E-state index in [0.717, 1.165) is 12.3 Å². The maximum atomic E-state index is 11.6. The molecule has 0 saturated heterocycles. The number of carboxylic acids is 1. The van der Waals surface area contributed by atoms with Gasteiger partial charge in [0, 0.05) is 18.9 Å². The molecule has 4 heteroatoms. The van der Waals surface area contributed by atoms with Crippen LogP contribution < -0.4 is 5.32 Å². The normalized spacial score (nSPS) is 28.0. The fourth-order valence-corrected chi connectivity index (χ4v) is 2.71. The molecular formula is C13H23NO3. The highest BCUT2D eigenvalue weighted by molar-refractivity contribution is 5.77. The Labute approximate surface area is 103 Å². The van der Waals surface area contributed by atoms with Crippen molar-refractivity contribution >= 4 is 11.9 Å². The molecule has 1 fully saturated rings. The average molecular weight is 241 g/mol. The van der Waals surface area contributed by atoms with Gasteiger partial charge in [-0.05, 0) is 31.1 Å². The van der Waals surface area contributed by atoms with E-state index in [1.807, 2.05) is 0 Å². The van der Waals surface area contributed by atoms with Gasteiger partial charge in [0.05, 0.1) is 0 Å². The van der Waals surface area contributed by atoms with Gasteiger partial charge in [-0.25, -0.2) is 0 Å². The van der Waals surface area contributed by atoms with Gasteiger partial charge in [-0.1, -0.05) is 20.3 Å². The predicted octanol–water partition coefficient (Wildman–Crippen LogP) is 2.18. The molecule has 1 aliphatic carbocycles. The second kappa shape index (κ2) is 6.62. The standard InChI is InChI=1S/C13H23NO3/c1-3-10-7-8-11(9(10)2)14-12(15)5-4-6-13(16)17/h9-11H,3-8H2,1-2H3,(H,14,15)(H,16,17). The average Bonchev–Trinajstić information content (AvgIpc) is 2.59. The van der Waals surface area contributed by atoms with Crippen LogP contribution in [0.25, 0.3) is 0 Å². The molecule has 17 heavy (non-hydrogen) atoms. The van der Waals surface area contributed by atoms with Gasteiger partial charge in [-0.3, -0.25) is 9.59 Å². The first kappa shape index (κ1) is 14.0. The van der Waals surface area contributed by atoms with Gasteiger partial charge < -0.3 is 10.4 Å². The highest BCUT2D eigenvalue weighted by Crippen LogP contribution is 2.33. The number of rotatable bonds is 6. The first-order valence-corrected chi connectivity index (χ1v) is 6.55. The maximum absolute atomic E-state index is 11.6. The third-order valence-electron chi connectivity index (χ3n) is 3.89. The molecule has 0 aliphatic heterocycles. The van der Waals surface area contributed by atoms with Crippen molar-refractivity contribution in [2.24, 2.45) is 11.8 Å². The molecule has 0 aromatic rings. The summed E-state index contributed by atoms with van der Waals surface area (Å²) >= 11 is 0. The highest BCUT2D eigenvalue weighted by Gasteiger charge is 2.32. The Hall–Kier alpha value is -1.06. The van der Waals surface area contributed by atoms with Gasteiger partial charge in [0.25, 0.3) is 0 Å². The van der Waals surface area contributed by atoms with Crippen LogP contribution in [0, 0.1) is 11.8 Å². The molecule has 0 radical (unpaired) electrons. The fourth-order valence-electron chi connectivity index (χ4n) is 2.71. The molecule has 3 unspecified atom stereocenters. The molecule has 0 heterocycles. The largest absolute Gasteiger partial charge is 0.481 e. The van der Waals surface area contributed by atoms with E-state index in [4.69, 9.17) is 5.11 Å². The molecule has 2 N–H and O–H groups in total. The van der Waals surface area contributed by atoms with Crippen molar-refractivity contribution in [3.63, 3.8) is 0 Å². The summed E-state index contributed by atoms with van der Waals surface area (Å²) in [5, 5.41) is 11.5. The number of nitrogens with one attached hydrogen (secondary N) is 1. The molecule has 98 valence electrons. The monoisotopic (exact) mass is 241 g/mol. The first-order chi connectivity index (χ1) is 8.04. The summed E-state index contributed by atoms with van der Waals surface area (Å²) in [6.45, 7) is 4.39. The van der Waals surface area contributed by atoms with E-state index in [1.54, 1.807) is 0 Å². The van der Waals surface area contributed by atoms with Crippen molar-refractivity contribution in [1.82, 2.24) is 5.32 Å². The van der Waals surface area contributed by atoms with Gasteiger partial charge >= 0.3 is 5.97 Å². The zero-order valence-corrected chi connectivity index (χ0v) is 10.7. The summed E-state index contributed by atoms with van der Waals surface area (Å²) in [7, 11) is 0. The van der Waals surface area contributed by atoms with Gasteiger partial charge in [0.2, 0.25) is 5.91 Å². The molecule has 1 aliphatic rings. The minimum atomic E-state index is -0.835. The van der Waals surface area contributed by atoms with Crippen molar-refractivity contribution in [2.45, 2.75) is 58.4 Å². The number of carboxylic acid groups (broad SMARTS) is 1. The van der Waals surface area contributed by atoms with Crippen LogP contribution in [0.1, 0.15) is 52.4 Å². The Morgan fingerprint density at radius 2 is 2.00 bits per heavy atom. The van der Waals surface area contributed by atoms with Crippen LogP contribution in [0.5, 0.6) is 0 Å². The Kier molecular flexibility index (Phi) is 5.45. The summed E-state index contributed by atoms with van der Waals surface area (Å²) < 4.78 is 0. The Morgan fingerprint density at radius 1 is 1.29 bits per heavy atom. The van der Waals surface area contributed by atoms with E-state index in [1.165, 1.54) is 12.8 Å². The fraction of sp³-hybridized carbons (Fsp3) is 0.846. The zero-order chi connectivity index (χ0) is 12.8. The van der Waals surface area contributed by atoms with Crippen molar-refractivity contribution in [3.05, 3.63) is 0 Å². The summed E-state index contributed by atoms with van der Waals surface area (Å²) in [5.41, 5.74) is 0. The Bertz CT molecular complexity index is 278. The van der Waals surface area contributed by atoms with E-state index < -0.39 is 5.97 Å². The van der Waals surface area contributed by atoms with Crippen LogP contribution in [-0.2, 0) is 9.59 Å². The third-order valence-corrected chi connectivity index (χ3v) is 3.89. The van der Waals surface area contributed by atoms with Crippen LogP contribution in [0.15, 0.2) is 0 Å². The third kappa shape index (κ3) is 4.36. The van der Waals surface area contributed by atoms with Crippen LogP contribution >= 0.6 is 0 Å². The molecule has 1 rings (SSSR count). The van der Waals surface area contributed by atoms with Gasteiger partial charge in [0.15, 0.2) is 0 Å². The predicted molar refractivity (Wildman–Crippen MR) is 65.6 cm³/mol. The minimum Gasteiger partial charge on any atom is -0.481 e. The van der Waals surface area contributed by atoms with Crippen LogP contribution in [0.2, 0.25) is 0 Å². The molecule has 0 aromatic heterocycles. The molecule has 0 bridgehead atoms. The topological polar surface area (TPSA) is 66.4 Å². The number of carbonyl (C=O) groups is 2. The van der Waals surface area contributed by atoms with Crippen LogP contribution in [-0.4, -0.2) is 23.0 Å². The summed E-state index contributed by atoms with van der Waals surface area (Å²) in [6, 6.07) is 0.289. The number of hydrogen-bond acceptors (Lipinski definition) is 2. The zero-order valence-electron chi connectivity index (χ0n) is 10.7. The summed E-state index contributed by atoms with van der Waals surface area (Å²) in [4.78, 5) is 21.9. The van der Waals surface area contributed by atoms with Crippen molar-refractivity contribution < 1.29 is 14.7 Å². The number of hydrogen-bond donors (Lipinski definition) is 2. The quantitative estimate of drug-likeness (QED) is 0.749. The lowest BCUT2D eigenvalue weighted by molar-refractivity contribution is -0.137. The van der Waals surface area contributed by atoms with Crippen molar-refractivity contribution in [3.8, 4) is 0 Å². The van der Waals surface area contributed by atoms with E-state index in [9.17, 15) is 9.59 Å². The van der Waals surface area contributed by atoms with Crippen LogP contribution in [0.4, 0.5) is 0 Å². The maximum Gasteiger partial charge on any atom is 0.303 e. The molecule has 0 spiro atoms. The Morgan fingerprint density at radius 3 is 2.53 bits per heavy atom. The lowest BCUT2D eigenvalue weighted by Crippen LogP contribution is -2.37. The van der Waals surface area contributed by atoms with E-state index in [-0.39, 0.29) is 18.4 Å².